The number of carbonyl (C=O) groups excluding carboxylic acids is 2. The third-order valence-electron chi connectivity index (χ3n) is 5.16. The molecule has 4 rings (SSSR count). The Hall–Kier alpha value is -2.70. The first kappa shape index (κ1) is 14.9. The first-order chi connectivity index (χ1) is 11.6. The van der Waals surface area contributed by atoms with Crippen LogP contribution in [0, 0.1) is 5.92 Å². The molecular formula is C17H19N5O2. The smallest absolute Gasteiger partial charge is 0.253 e. The minimum absolute atomic E-state index is 0.0188. The maximum absolute atomic E-state index is 12.8. The standard InChI is InChI=1S/C17H19N5O2/c1-21-14-9-22(7-6-13(14)8-15(21)23)17(24)12-4-2-11(3-5-12)16-18-10-19-20-16/h2-5,10,13-14H,6-9H2,1H3,(H,18,19,20)/t13-,14-/m1/s1. The number of piperidine rings is 1. The number of likely N-dealkylation sites (tertiary alicyclic amines) is 2. The van der Waals surface area contributed by atoms with Crippen LogP contribution in [0.3, 0.4) is 0 Å². The van der Waals surface area contributed by atoms with E-state index < -0.39 is 0 Å². The summed E-state index contributed by atoms with van der Waals surface area (Å²) >= 11 is 0. The van der Waals surface area contributed by atoms with E-state index in [9.17, 15) is 9.59 Å². The van der Waals surface area contributed by atoms with Crippen molar-refractivity contribution in [1.29, 1.82) is 0 Å². The summed E-state index contributed by atoms with van der Waals surface area (Å²) in [6, 6.07) is 7.52. The van der Waals surface area contributed by atoms with Gasteiger partial charge in [0.25, 0.3) is 5.91 Å². The zero-order valence-electron chi connectivity index (χ0n) is 13.5. The Morgan fingerprint density at radius 3 is 2.79 bits per heavy atom. The molecule has 7 nitrogen and oxygen atoms in total. The molecule has 1 aromatic heterocycles. The molecule has 0 radical (unpaired) electrons. The van der Waals surface area contributed by atoms with Crippen molar-refractivity contribution in [1.82, 2.24) is 25.0 Å². The fraction of sp³-hybridized carbons (Fsp3) is 0.412. The Morgan fingerprint density at radius 2 is 2.08 bits per heavy atom. The maximum atomic E-state index is 12.8. The Labute approximate surface area is 139 Å². The molecule has 0 saturated carbocycles. The number of hydrogen-bond donors (Lipinski definition) is 1. The molecule has 2 saturated heterocycles. The lowest BCUT2D eigenvalue weighted by Gasteiger charge is -2.37. The van der Waals surface area contributed by atoms with Gasteiger partial charge in [-0.1, -0.05) is 12.1 Å². The van der Waals surface area contributed by atoms with Gasteiger partial charge in [0, 0.05) is 37.7 Å². The van der Waals surface area contributed by atoms with Crippen molar-refractivity contribution in [3.8, 4) is 11.4 Å². The van der Waals surface area contributed by atoms with Crippen LogP contribution in [0.15, 0.2) is 30.6 Å². The molecule has 2 aromatic rings. The Kier molecular flexibility index (Phi) is 3.55. The number of H-pyrrole nitrogens is 1. The van der Waals surface area contributed by atoms with Gasteiger partial charge in [-0.15, -0.1) is 0 Å². The molecule has 0 spiro atoms. The van der Waals surface area contributed by atoms with E-state index in [1.165, 1.54) is 6.33 Å². The fourth-order valence-electron chi connectivity index (χ4n) is 3.69. The van der Waals surface area contributed by atoms with Crippen molar-refractivity contribution in [3.05, 3.63) is 36.2 Å². The van der Waals surface area contributed by atoms with Crippen LogP contribution in [0.2, 0.25) is 0 Å². The van der Waals surface area contributed by atoms with E-state index in [0.29, 0.717) is 36.8 Å². The highest BCUT2D eigenvalue weighted by Crippen LogP contribution is 2.32. The number of carbonyl (C=O) groups is 2. The third-order valence-corrected chi connectivity index (χ3v) is 5.16. The van der Waals surface area contributed by atoms with E-state index in [0.717, 1.165) is 12.0 Å². The minimum atomic E-state index is 0.0188. The molecule has 24 heavy (non-hydrogen) atoms. The van der Waals surface area contributed by atoms with Crippen molar-refractivity contribution in [2.24, 2.45) is 5.92 Å². The van der Waals surface area contributed by atoms with Gasteiger partial charge < -0.3 is 9.80 Å². The topological polar surface area (TPSA) is 82.2 Å². The van der Waals surface area contributed by atoms with E-state index in [1.54, 1.807) is 4.90 Å². The second-order valence-electron chi connectivity index (χ2n) is 6.49. The summed E-state index contributed by atoms with van der Waals surface area (Å²) < 4.78 is 0. The molecule has 7 heteroatoms. The van der Waals surface area contributed by atoms with Gasteiger partial charge in [-0.25, -0.2) is 4.98 Å². The zero-order chi connectivity index (χ0) is 16.7. The molecule has 2 fully saturated rings. The number of benzene rings is 1. The van der Waals surface area contributed by atoms with E-state index >= 15 is 0 Å². The lowest BCUT2D eigenvalue weighted by atomic mass is 9.92. The third kappa shape index (κ3) is 2.46. The van der Waals surface area contributed by atoms with Crippen LogP contribution in [0.25, 0.3) is 11.4 Å². The SMILES string of the molecule is CN1C(=O)C[C@H]2CCN(C(=O)c3ccc(-c4ncn[nH]4)cc3)C[C@H]21. The summed E-state index contributed by atoms with van der Waals surface area (Å²) in [5.74, 6) is 1.28. The number of likely N-dealkylation sites (N-methyl/N-ethyl adjacent to an activating group) is 1. The Balaban J connectivity index is 1.49. The average Bonchev–Trinajstić information content (AvgIpc) is 3.24. The van der Waals surface area contributed by atoms with Gasteiger partial charge >= 0.3 is 0 Å². The first-order valence-corrected chi connectivity index (χ1v) is 8.14. The van der Waals surface area contributed by atoms with E-state index in [2.05, 4.69) is 15.2 Å². The van der Waals surface area contributed by atoms with Gasteiger partial charge in [-0.3, -0.25) is 14.7 Å². The molecule has 1 N–H and O–H groups in total. The summed E-state index contributed by atoms with van der Waals surface area (Å²) in [4.78, 5) is 32.4. The van der Waals surface area contributed by atoms with Crippen LogP contribution in [0.1, 0.15) is 23.2 Å². The van der Waals surface area contributed by atoms with Gasteiger partial charge in [0.15, 0.2) is 5.82 Å². The molecule has 124 valence electrons. The van der Waals surface area contributed by atoms with Crippen LogP contribution in [-0.4, -0.2) is 63.0 Å². The number of amides is 2. The van der Waals surface area contributed by atoms with Gasteiger partial charge in [-0.05, 0) is 24.5 Å². The molecule has 2 aliphatic heterocycles. The predicted octanol–water partition coefficient (Wildman–Crippen LogP) is 1.16. The highest BCUT2D eigenvalue weighted by molar-refractivity contribution is 5.95. The number of fused-ring (bicyclic) bond motifs is 1. The number of aromatic amines is 1. The van der Waals surface area contributed by atoms with Crippen LogP contribution >= 0.6 is 0 Å². The summed E-state index contributed by atoms with van der Waals surface area (Å²) in [6.45, 7) is 1.33. The second kappa shape index (κ2) is 5.74. The molecule has 0 unspecified atom stereocenters. The molecular weight excluding hydrogens is 306 g/mol. The zero-order valence-corrected chi connectivity index (χ0v) is 13.5. The monoisotopic (exact) mass is 325 g/mol. The molecule has 2 aliphatic rings. The van der Waals surface area contributed by atoms with Crippen LogP contribution < -0.4 is 0 Å². The van der Waals surface area contributed by atoms with Crippen LogP contribution in [0.5, 0.6) is 0 Å². The van der Waals surface area contributed by atoms with Crippen LogP contribution in [-0.2, 0) is 4.79 Å². The number of nitrogens with zero attached hydrogens (tertiary/aromatic N) is 4. The second-order valence-corrected chi connectivity index (χ2v) is 6.49. The van der Waals surface area contributed by atoms with Gasteiger partial charge in [0.05, 0.1) is 6.04 Å². The quantitative estimate of drug-likeness (QED) is 0.898. The summed E-state index contributed by atoms with van der Waals surface area (Å²) in [5.41, 5.74) is 1.55. The van der Waals surface area contributed by atoms with Gasteiger partial charge in [0.1, 0.15) is 6.33 Å². The molecule has 0 bridgehead atoms. The molecule has 2 atom stereocenters. The van der Waals surface area contributed by atoms with Gasteiger partial charge in [-0.2, -0.15) is 5.10 Å². The van der Waals surface area contributed by atoms with E-state index in [4.69, 9.17) is 0 Å². The first-order valence-electron chi connectivity index (χ1n) is 8.14. The molecule has 2 amide bonds. The van der Waals surface area contributed by atoms with Crippen LogP contribution in [0.4, 0.5) is 0 Å². The lowest BCUT2D eigenvalue weighted by Crippen LogP contribution is -2.49. The fourth-order valence-corrected chi connectivity index (χ4v) is 3.69. The summed E-state index contributed by atoms with van der Waals surface area (Å²) in [6.07, 6.45) is 2.97. The molecule has 3 heterocycles. The van der Waals surface area contributed by atoms with Crippen molar-refractivity contribution in [2.75, 3.05) is 20.1 Å². The Bertz CT molecular complexity index is 756. The Morgan fingerprint density at radius 1 is 1.29 bits per heavy atom. The van der Waals surface area contributed by atoms with E-state index in [-0.39, 0.29) is 17.9 Å². The molecule has 0 aliphatic carbocycles. The average molecular weight is 325 g/mol. The molecule has 1 aromatic carbocycles. The maximum Gasteiger partial charge on any atom is 0.253 e. The summed E-state index contributed by atoms with van der Waals surface area (Å²) in [7, 11) is 1.84. The largest absolute Gasteiger partial charge is 0.341 e. The lowest BCUT2D eigenvalue weighted by molar-refractivity contribution is -0.127. The number of aromatic nitrogens is 3. The summed E-state index contributed by atoms with van der Waals surface area (Å²) in [5, 5.41) is 6.64. The number of rotatable bonds is 2. The normalized spacial score (nSPS) is 23.5. The highest BCUT2D eigenvalue weighted by atomic mass is 16.2. The van der Waals surface area contributed by atoms with E-state index in [1.807, 2.05) is 36.2 Å². The minimum Gasteiger partial charge on any atom is -0.341 e. The number of nitrogens with one attached hydrogen (secondary N) is 1. The van der Waals surface area contributed by atoms with Crippen molar-refractivity contribution in [3.63, 3.8) is 0 Å². The number of hydrogen-bond acceptors (Lipinski definition) is 4. The van der Waals surface area contributed by atoms with Crippen molar-refractivity contribution in [2.45, 2.75) is 18.9 Å². The van der Waals surface area contributed by atoms with Crippen molar-refractivity contribution < 1.29 is 9.59 Å². The highest BCUT2D eigenvalue weighted by Gasteiger charge is 2.42. The van der Waals surface area contributed by atoms with Gasteiger partial charge in [0.2, 0.25) is 5.91 Å². The van der Waals surface area contributed by atoms with Crippen molar-refractivity contribution >= 4 is 11.8 Å². The predicted molar refractivity (Wildman–Crippen MR) is 87.0 cm³/mol.